The molecule has 1 saturated carbocycles. The van der Waals surface area contributed by atoms with Crippen LogP contribution >= 0.6 is 0 Å². The van der Waals surface area contributed by atoms with Crippen LogP contribution in [-0.4, -0.2) is 20.3 Å². The molecule has 19 heavy (non-hydrogen) atoms. The van der Waals surface area contributed by atoms with Crippen molar-refractivity contribution in [1.82, 2.24) is 0 Å². The van der Waals surface area contributed by atoms with E-state index in [1.807, 2.05) is 0 Å². The molecule has 1 aromatic carbocycles. The molecule has 1 fully saturated rings. The molecule has 0 spiro atoms. The topological polar surface area (TPSA) is 98.5 Å². The maximum Gasteiger partial charge on any atom is 0.405 e. The van der Waals surface area contributed by atoms with Crippen molar-refractivity contribution in [2.75, 3.05) is 10.5 Å². The predicted molar refractivity (Wildman–Crippen MR) is 71.1 cm³/mol. The van der Waals surface area contributed by atoms with Gasteiger partial charge >= 0.3 is 6.09 Å². The Hall–Kier alpha value is -1.76. The first-order chi connectivity index (χ1) is 8.88. The van der Waals surface area contributed by atoms with Crippen LogP contribution < -0.4 is 10.5 Å². The number of rotatable bonds is 5. The Morgan fingerprint density at radius 2 is 2.05 bits per heavy atom. The van der Waals surface area contributed by atoms with Crippen molar-refractivity contribution in [2.45, 2.75) is 25.4 Å². The summed E-state index contributed by atoms with van der Waals surface area (Å²) < 4.78 is 30.9. The second kappa shape index (κ2) is 4.73. The van der Waals surface area contributed by atoms with Crippen LogP contribution in [0.4, 0.5) is 10.5 Å². The van der Waals surface area contributed by atoms with Gasteiger partial charge in [-0.3, -0.25) is 4.72 Å². The minimum atomic E-state index is -3.38. The summed E-state index contributed by atoms with van der Waals surface area (Å²) in [7, 11) is -3.38. The van der Waals surface area contributed by atoms with Crippen molar-refractivity contribution in [3.63, 3.8) is 0 Å². The van der Waals surface area contributed by atoms with Crippen LogP contribution in [0.25, 0.3) is 0 Å². The molecular weight excluding hydrogens is 268 g/mol. The lowest BCUT2D eigenvalue weighted by Crippen LogP contribution is -2.24. The van der Waals surface area contributed by atoms with Gasteiger partial charge in [-0.2, -0.15) is 0 Å². The highest BCUT2D eigenvalue weighted by molar-refractivity contribution is 7.92. The lowest BCUT2D eigenvalue weighted by atomic mass is 10.1. The molecular formula is C12H16N2O4S. The summed E-state index contributed by atoms with van der Waals surface area (Å²) in [6, 6.07) is 6.87. The van der Waals surface area contributed by atoms with E-state index in [1.54, 1.807) is 31.2 Å². The molecule has 6 nitrogen and oxygen atoms in total. The summed E-state index contributed by atoms with van der Waals surface area (Å²) >= 11 is 0. The summed E-state index contributed by atoms with van der Waals surface area (Å²) in [5, 5.41) is 0. The number of hydrogen-bond acceptors (Lipinski definition) is 4. The standard InChI is InChI=1S/C12H16N2O4S/c1-2-19(16,17)14-10-6-4-3-5-9(10)12(7-8-12)18-11(13)15/h3-6,14H,2,7-8H2,1H3,(H2,13,15). The average Bonchev–Trinajstić information content (AvgIpc) is 3.09. The van der Waals surface area contributed by atoms with E-state index in [1.165, 1.54) is 0 Å². The van der Waals surface area contributed by atoms with Gasteiger partial charge in [0.05, 0.1) is 11.4 Å². The molecule has 0 atom stereocenters. The molecule has 0 aliphatic heterocycles. The van der Waals surface area contributed by atoms with Crippen molar-refractivity contribution < 1.29 is 17.9 Å². The minimum absolute atomic E-state index is 0.0228. The van der Waals surface area contributed by atoms with Gasteiger partial charge in [0.1, 0.15) is 5.60 Å². The van der Waals surface area contributed by atoms with Gasteiger partial charge in [-0.15, -0.1) is 0 Å². The number of benzene rings is 1. The first kappa shape index (κ1) is 13.7. The quantitative estimate of drug-likeness (QED) is 0.856. The number of nitrogens with two attached hydrogens (primary N) is 1. The van der Waals surface area contributed by atoms with E-state index in [9.17, 15) is 13.2 Å². The smallest absolute Gasteiger partial charge is 0.405 e. The van der Waals surface area contributed by atoms with Gasteiger partial charge in [0.2, 0.25) is 10.0 Å². The van der Waals surface area contributed by atoms with Crippen LogP contribution in [0.3, 0.4) is 0 Å². The van der Waals surface area contributed by atoms with E-state index in [4.69, 9.17) is 10.5 Å². The first-order valence-corrected chi connectivity index (χ1v) is 7.62. The van der Waals surface area contributed by atoms with Gasteiger partial charge in [-0.05, 0) is 25.8 Å². The molecule has 1 aromatic rings. The zero-order valence-electron chi connectivity index (χ0n) is 10.5. The van der Waals surface area contributed by atoms with Gasteiger partial charge in [-0.25, -0.2) is 13.2 Å². The molecule has 0 aromatic heterocycles. The zero-order valence-corrected chi connectivity index (χ0v) is 11.4. The number of carbonyl (C=O) groups is 1. The number of nitrogens with one attached hydrogen (secondary N) is 1. The molecule has 0 heterocycles. The Labute approximate surface area is 112 Å². The van der Waals surface area contributed by atoms with Gasteiger partial charge in [0.15, 0.2) is 0 Å². The number of para-hydroxylation sites is 1. The maximum absolute atomic E-state index is 11.6. The number of anilines is 1. The van der Waals surface area contributed by atoms with E-state index < -0.39 is 21.7 Å². The highest BCUT2D eigenvalue weighted by atomic mass is 32.2. The number of hydrogen-bond donors (Lipinski definition) is 2. The van der Waals surface area contributed by atoms with Crippen LogP contribution in [0.15, 0.2) is 24.3 Å². The summed E-state index contributed by atoms with van der Waals surface area (Å²) in [5.41, 5.74) is 5.36. The highest BCUT2D eigenvalue weighted by Gasteiger charge is 2.49. The van der Waals surface area contributed by atoms with Gasteiger partial charge in [0, 0.05) is 5.56 Å². The first-order valence-electron chi connectivity index (χ1n) is 5.97. The summed E-state index contributed by atoms with van der Waals surface area (Å²) in [6.45, 7) is 1.55. The van der Waals surface area contributed by atoms with Crippen LogP contribution in [-0.2, 0) is 20.4 Å². The van der Waals surface area contributed by atoms with Crippen LogP contribution in [0.5, 0.6) is 0 Å². The Balaban J connectivity index is 2.35. The summed E-state index contributed by atoms with van der Waals surface area (Å²) in [5.74, 6) is -0.0228. The average molecular weight is 284 g/mol. The molecule has 7 heteroatoms. The normalized spacial score (nSPS) is 16.7. The number of sulfonamides is 1. The van der Waals surface area contributed by atoms with Crippen molar-refractivity contribution in [3.05, 3.63) is 29.8 Å². The number of amides is 1. The van der Waals surface area contributed by atoms with E-state index in [0.717, 1.165) is 0 Å². The van der Waals surface area contributed by atoms with Gasteiger partial charge in [0.25, 0.3) is 0 Å². The predicted octanol–water partition coefficient (Wildman–Crippen LogP) is 1.53. The monoisotopic (exact) mass is 284 g/mol. The third kappa shape index (κ3) is 2.98. The van der Waals surface area contributed by atoms with E-state index in [-0.39, 0.29) is 5.75 Å². The largest absolute Gasteiger partial charge is 0.438 e. The summed E-state index contributed by atoms with van der Waals surface area (Å²) in [6.07, 6.45) is 0.423. The molecule has 2 rings (SSSR count). The zero-order chi connectivity index (χ0) is 14.1. The molecule has 0 saturated heterocycles. The molecule has 104 valence electrons. The Bertz CT molecular complexity index is 594. The molecule has 1 aliphatic rings. The van der Waals surface area contributed by atoms with E-state index in [2.05, 4.69) is 4.72 Å². The van der Waals surface area contributed by atoms with E-state index in [0.29, 0.717) is 24.1 Å². The fraction of sp³-hybridized carbons (Fsp3) is 0.417. The SMILES string of the molecule is CCS(=O)(=O)Nc1ccccc1C1(OC(N)=O)CC1. The van der Waals surface area contributed by atoms with Crippen LogP contribution in [0.2, 0.25) is 0 Å². The molecule has 0 unspecified atom stereocenters. The Kier molecular flexibility index (Phi) is 3.40. The second-order valence-electron chi connectivity index (χ2n) is 4.47. The Morgan fingerprint density at radius 1 is 1.42 bits per heavy atom. The van der Waals surface area contributed by atoms with Crippen molar-refractivity contribution >= 4 is 21.8 Å². The van der Waals surface area contributed by atoms with Gasteiger partial charge in [-0.1, -0.05) is 18.2 Å². The second-order valence-corrected chi connectivity index (χ2v) is 6.48. The third-order valence-corrected chi connectivity index (χ3v) is 4.35. The molecule has 1 amide bonds. The molecule has 0 bridgehead atoms. The van der Waals surface area contributed by atoms with Gasteiger partial charge < -0.3 is 10.5 Å². The van der Waals surface area contributed by atoms with Crippen molar-refractivity contribution in [2.24, 2.45) is 5.73 Å². The lowest BCUT2D eigenvalue weighted by Gasteiger charge is -2.19. The highest BCUT2D eigenvalue weighted by Crippen LogP contribution is 2.51. The van der Waals surface area contributed by atoms with Crippen molar-refractivity contribution in [3.8, 4) is 0 Å². The lowest BCUT2D eigenvalue weighted by molar-refractivity contribution is 0.0904. The third-order valence-electron chi connectivity index (χ3n) is 3.06. The maximum atomic E-state index is 11.6. The fourth-order valence-corrected chi connectivity index (χ4v) is 2.60. The van der Waals surface area contributed by atoms with Crippen LogP contribution in [0.1, 0.15) is 25.3 Å². The molecule has 3 N–H and O–H groups in total. The fourth-order valence-electron chi connectivity index (χ4n) is 1.94. The minimum Gasteiger partial charge on any atom is -0.438 e. The number of ether oxygens (including phenoxy) is 1. The number of primary amides is 1. The van der Waals surface area contributed by atoms with Crippen LogP contribution in [0, 0.1) is 0 Å². The Morgan fingerprint density at radius 3 is 2.58 bits per heavy atom. The number of carbonyl (C=O) groups excluding carboxylic acids is 1. The summed E-state index contributed by atoms with van der Waals surface area (Å²) in [4.78, 5) is 10.9. The van der Waals surface area contributed by atoms with Crippen molar-refractivity contribution in [1.29, 1.82) is 0 Å². The molecule has 1 aliphatic carbocycles. The molecule has 0 radical (unpaired) electrons. The van der Waals surface area contributed by atoms with E-state index >= 15 is 0 Å².